The maximum absolute atomic E-state index is 12.2. The number of carbonyl (C=O) groups is 1. The Bertz CT molecular complexity index is 433. The van der Waals surface area contributed by atoms with Gasteiger partial charge < -0.3 is 5.73 Å². The third-order valence-corrected chi connectivity index (χ3v) is 3.27. The topological polar surface area (TPSA) is 46.3 Å². The molecule has 0 radical (unpaired) electrons. The molecule has 0 unspecified atom stereocenters. The molecule has 0 aliphatic carbocycles. The number of ketones is 1. The lowest BCUT2D eigenvalue weighted by Gasteiger charge is -2.34. The molecule has 1 rings (SSSR count). The van der Waals surface area contributed by atoms with Gasteiger partial charge in [-0.3, -0.25) is 9.69 Å². The number of nitrogen functional groups attached to an aromatic ring is 1. The van der Waals surface area contributed by atoms with Crippen molar-refractivity contribution in [3.05, 3.63) is 29.3 Å². The van der Waals surface area contributed by atoms with Crippen LogP contribution in [-0.2, 0) is 0 Å². The maximum Gasteiger partial charge on any atom is 0.176 e. The van der Waals surface area contributed by atoms with Gasteiger partial charge in [-0.2, -0.15) is 0 Å². The first-order valence-electron chi connectivity index (χ1n) is 6.40. The van der Waals surface area contributed by atoms with Gasteiger partial charge in [-0.1, -0.05) is 19.1 Å². The Morgan fingerprint density at radius 1 is 1.33 bits per heavy atom. The molecule has 0 heterocycles. The fourth-order valence-electron chi connectivity index (χ4n) is 1.90. The van der Waals surface area contributed by atoms with Crippen LogP contribution in [0.2, 0.25) is 0 Å². The van der Waals surface area contributed by atoms with Crippen molar-refractivity contribution in [1.29, 1.82) is 0 Å². The monoisotopic (exact) mass is 248 g/mol. The number of anilines is 1. The highest BCUT2D eigenvalue weighted by molar-refractivity contribution is 5.98. The Morgan fingerprint density at radius 2 is 1.94 bits per heavy atom. The van der Waals surface area contributed by atoms with E-state index in [-0.39, 0.29) is 11.3 Å². The van der Waals surface area contributed by atoms with Gasteiger partial charge in [0.2, 0.25) is 0 Å². The molecule has 0 aromatic heterocycles. The van der Waals surface area contributed by atoms with Crippen molar-refractivity contribution < 1.29 is 4.79 Å². The number of hydrogen-bond acceptors (Lipinski definition) is 3. The highest BCUT2D eigenvalue weighted by atomic mass is 16.1. The fraction of sp³-hybridized carbons (Fsp3) is 0.533. The largest absolute Gasteiger partial charge is 0.398 e. The summed E-state index contributed by atoms with van der Waals surface area (Å²) in [6.07, 6.45) is 0. The average Bonchev–Trinajstić information content (AvgIpc) is 2.27. The summed E-state index contributed by atoms with van der Waals surface area (Å²) in [4.78, 5) is 14.4. The lowest BCUT2D eigenvalue weighted by molar-refractivity contribution is 0.0829. The van der Waals surface area contributed by atoms with Gasteiger partial charge in [0, 0.05) is 16.8 Å². The lowest BCUT2D eigenvalue weighted by Crippen LogP contribution is -2.44. The minimum absolute atomic E-state index is 0.000646. The third-order valence-electron chi connectivity index (χ3n) is 3.27. The highest BCUT2D eigenvalue weighted by Crippen LogP contribution is 2.16. The summed E-state index contributed by atoms with van der Waals surface area (Å²) in [6, 6.07) is 5.52. The molecule has 18 heavy (non-hydrogen) atoms. The summed E-state index contributed by atoms with van der Waals surface area (Å²) in [5, 5.41) is 0. The van der Waals surface area contributed by atoms with E-state index >= 15 is 0 Å². The van der Waals surface area contributed by atoms with Crippen LogP contribution >= 0.6 is 0 Å². The number of nitrogens with two attached hydrogens (primary N) is 1. The van der Waals surface area contributed by atoms with E-state index in [2.05, 4.69) is 32.6 Å². The van der Waals surface area contributed by atoms with Crippen LogP contribution < -0.4 is 5.73 Å². The molecular formula is C15H24N2O. The van der Waals surface area contributed by atoms with E-state index in [0.29, 0.717) is 17.8 Å². The quantitative estimate of drug-likeness (QED) is 0.658. The van der Waals surface area contributed by atoms with Crippen LogP contribution in [0.5, 0.6) is 0 Å². The molecule has 1 aromatic carbocycles. The standard InChI is InChI=1S/C15H24N2O/c1-6-17(15(3,4)5)10-14(18)12-8-7-11(2)13(16)9-12/h7-9H,6,10,16H2,1-5H3. The van der Waals surface area contributed by atoms with Crippen molar-refractivity contribution >= 4 is 11.5 Å². The van der Waals surface area contributed by atoms with Gasteiger partial charge in [0.15, 0.2) is 5.78 Å². The number of carbonyl (C=O) groups excluding carboxylic acids is 1. The maximum atomic E-state index is 12.2. The van der Waals surface area contributed by atoms with E-state index in [9.17, 15) is 4.79 Å². The van der Waals surface area contributed by atoms with Crippen LogP contribution in [0.25, 0.3) is 0 Å². The van der Waals surface area contributed by atoms with E-state index in [4.69, 9.17) is 5.73 Å². The van der Waals surface area contributed by atoms with Crippen LogP contribution in [0.1, 0.15) is 43.6 Å². The number of rotatable bonds is 4. The summed E-state index contributed by atoms with van der Waals surface area (Å²) in [5.74, 6) is 0.124. The van der Waals surface area contributed by atoms with Gasteiger partial charge >= 0.3 is 0 Å². The number of Topliss-reactive ketones (excluding diaryl/α,β-unsaturated/α-hetero) is 1. The van der Waals surface area contributed by atoms with Gasteiger partial charge in [0.25, 0.3) is 0 Å². The van der Waals surface area contributed by atoms with Crippen LogP contribution in [-0.4, -0.2) is 29.3 Å². The van der Waals surface area contributed by atoms with Crippen molar-refractivity contribution in [1.82, 2.24) is 4.90 Å². The molecule has 1 aromatic rings. The SMILES string of the molecule is CCN(CC(=O)c1ccc(C)c(N)c1)C(C)(C)C. The lowest BCUT2D eigenvalue weighted by atomic mass is 10.0. The number of hydrogen-bond donors (Lipinski definition) is 1. The smallest absolute Gasteiger partial charge is 0.176 e. The zero-order valence-electron chi connectivity index (χ0n) is 12.1. The average molecular weight is 248 g/mol. The summed E-state index contributed by atoms with van der Waals surface area (Å²) in [5.41, 5.74) is 8.23. The van der Waals surface area contributed by atoms with Gasteiger partial charge in [-0.15, -0.1) is 0 Å². The molecule has 2 N–H and O–H groups in total. The first-order chi connectivity index (χ1) is 8.25. The van der Waals surface area contributed by atoms with Crippen molar-refractivity contribution in [2.75, 3.05) is 18.8 Å². The molecule has 0 atom stereocenters. The molecule has 0 aliphatic rings. The molecule has 100 valence electrons. The molecule has 3 heteroatoms. The Labute approximate surface area is 110 Å². The fourth-order valence-corrected chi connectivity index (χ4v) is 1.90. The highest BCUT2D eigenvalue weighted by Gasteiger charge is 2.22. The second kappa shape index (κ2) is 5.53. The second-order valence-electron chi connectivity index (χ2n) is 5.68. The summed E-state index contributed by atoms with van der Waals surface area (Å²) < 4.78 is 0. The predicted octanol–water partition coefficient (Wildman–Crippen LogP) is 2.88. The van der Waals surface area contributed by atoms with Crippen molar-refractivity contribution in [2.24, 2.45) is 0 Å². The van der Waals surface area contributed by atoms with Gasteiger partial charge in [0.05, 0.1) is 6.54 Å². The molecule has 3 nitrogen and oxygen atoms in total. The summed E-state index contributed by atoms with van der Waals surface area (Å²) >= 11 is 0. The van der Waals surface area contributed by atoms with Crippen LogP contribution in [0.4, 0.5) is 5.69 Å². The third kappa shape index (κ3) is 3.57. The van der Waals surface area contributed by atoms with E-state index in [1.165, 1.54) is 0 Å². The van der Waals surface area contributed by atoms with E-state index in [1.807, 2.05) is 19.1 Å². The first kappa shape index (κ1) is 14.7. The molecule has 0 saturated heterocycles. The van der Waals surface area contributed by atoms with Crippen molar-refractivity contribution in [2.45, 2.75) is 40.2 Å². The Hall–Kier alpha value is -1.35. The zero-order valence-corrected chi connectivity index (χ0v) is 12.1. The Kier molecular flexibility index (Phi) is 4.52. The number of benzene rings is 1. The molecule has 0 bridgehead atoms. The normalized spacial score (nSPS) is 11.9. The number of aryl methyl sites for hydroxylation is 1. The van der Waals surface area contributed by atoms with Gasteiger partial charge in [0.1, 0.15) is 0 Å². The van der Waals surface area contributed by atoms with E-state index < -0.39 is 0 Å². The van der Waals surface area contributed by atoms with Crippen molar-refractivity contribution in [3.8, 4) is 0 Å². The van der Waals surface area contributed by atoms with Crippen LogP contribution in [0.3, 0.4) is 0 Å². The molecule has 0 amide bonds. The van der Waals surface area contributed by atoms with Gasteiger partial charge in [-0.05, 0) is 45.9 Å². The first-order valence-corrected chi connectivity index (χ1v) is 6.40. The molecule has 0 spiro atoms. The number of likely N-dealkylation sites (N-methyl/N-ethyl adjacent to an activating group) is 1. The summed E-state index contributed by atoms with van der Waals surface area (Å²) in [6.45, 7) is 11.7. The number of nitrogens with zero attached hydrogens (tertiary/aromatic N) is 1. The van der Waals surface area contributed by atoms with E-state index in [1.54, 1.807) is 6.07 Å². The molecule has 0 aliphatic heterocycles. The van der Waals surface area contributed by atoms with Crippen LogP contribution in [0.15, 0.2) is 18.2 Å². The molecule has 0 fully saturated rings. The van der Waals surface area contributed by atoms with Gasteiger partial charge in [-0.25, -0.2) is 0 Å². The van der Waals surface area contributed by atoms with Crippen LogP contribution in [0, 0.1) is 6.92 Å². The minimum Gasteiger partial charge on any atom is -0.398 e. The van der Waals surface area contributed by atoms with E-state index in [0.717, 1.165) is 12.1 Å². The zero-order chi connectivity index (χ0) is 13.9. The minimum atomic E-state index is 0.000646. The molecule has 0 saturated carbocycles. The molecular weight excluding hydrogens is 224 g/mol. The Balaban J connectivity index is 2.85. The summed E-state index contributed by atoms with van der Waals surface area (Å²) in [7, 11) is 0. The predicted molar refractivity (Wildman–Crippen MR) is 76.9 cm³/mol. The Morgan fingerprint density at radius 3 is 2.39 bits per heavy atom. The van der Waals surface area contributed by atoms with Crippen molar-refractivity contribution in [3.63, 3.8) is 0 Å². The second-order valence-corrected chi connectivity index (χ2v) is 5.68.